The normalized spacial score (nSPS) is 7.47. The van der Waals surface area contributed by atoms with Gasteiger partial charge < -0.3 is 10.2 Å². The Morgan fingerprint density at radius 3 is 1.33 bits per heavy atom. The molecule has 1 rings (SSSR count). The first-order chi connectivity index (χ1) is 5.63. The number of benzene rings is 1. The van der Waals surface area contributed by atoms with Crippen LogP contribution >= 0.6 is 24.8 Å². The molecule has 2 N–H and O–H groups in total. The number of hydrogen-bond donors (Lipinski definition) is 2. The van der Waals surface area contributed by atoms with Gasteiger partial charge in [0.05, 0.1) is 11.1 Å². The number of carboxylic acid groups (broad SMARTS) is 2. The van der Waals surface area contributed by atoms with Crippen molar-refractivity contribution in [3.05, 3.63) is 35.4 Å². The van der Waals surface area contributed by atoms with Crippen molar-refractivity contribution in [1.29, 1.82) is 0 Å². The van der Waals surface area contributed by atoms with Crippen LogP contribution in [0.2, 0.25) is 0 Å². The van der Waals surface area contributed by atoms with E-state index >= 15 is 0 Å². The van der Waals surface area contributed by atoms with Gasteiger partial charge in [0.15, 0.2) is 0 Å². The van der Waals surface area contributed by atoms with Crippen molar-refractivity contribution in [2.45, 2.75) is 0 Å². The van der Waals surface area contributed by atoms with Gasteiger partial charge >= 0.3 is 39.2 Å². The van der Waals surface area contributed by atoms with E-state index in [-0.39, 0.29) is 63.2 Å². The summed E-state index contributed by atoms with van der Waals surface area (Å²) in [6.07, 6.45) is 0. The zero-order chi connectivity index (χ0) is 9.14. The second kappa shape index (κ2) is 8.93. The number of halogens is 2. The first kappa shape index (κ1) is 20.1. The van der Waals surface area contributed by atoms with E-state index in [1.54, 1.807) is 0 Å². The molecular weight excluding hydrogens is 438 g/mol. The van der Waals surface area contributed by atoms with Crippen LogP contribution in [0.15, 0.2) is 24.3 Å². The average Bonchev–Trinajstić information content (AvgIpc) is 2.04. The molecule has 0 aliphatic heterocycles. The molecule has 4 nitrogen and oxygen atoms in total. The van der Waals surface area contributed by atoms with E-state index in [4.69, 9.17) is 10.2 Å². The van der Waals surface area contributed by atoms with Crippen molar-refractivity contribution < 1.29 is 19.8 Å². The van der Waals surface area contributed by atoms with Gasteiger partial charge in [0.2, 0.25) is 0 Å². The van der Waals surface area contributed by atoms with Crippen molar-refractivity contribution in [3.8, 4) is 0 Å². The number of rotatable bonds is 2. The Kier molecular flexibility index (Phi) is 12.0. The molecule has 0 unspecified atom stereocenters. The molecule has 0 saturated carbocycles. The van der Waals surface area contributed by atoms with E-state index in [9.17, 15) is 9.59 Å². The van der Waals surface area contributed by atoms with Crippen molar-refractivity contribution >= 4 is 64.1 Å². The molecular formula is C8H10Cl2O4Pb. The molecule has 15 heavy (non-hydrogen) atoms. The van der Waals surface area contributed by atoms with Crippen molar-refractivity contribution in [2.75, 3.05) is 0 Å². The van der Waals surface area contributed by atoms with Gasteiger partial charge in [-0.3, -0.25) is 0 Å². The molecule has 0 atom stereocenters. The predicted molar refractivity (Wildman–Crippen MR) is 63.4 cm³/mol. The molecule has 1 aromatic carbocycles. The minimum absolute atomic E-state index is 0. The van der Waals surface area contributed by atoms with Crippen LogP contribution in [0, 0.1) is 0 Å². The molecule has 7 heteroatoms. The molecule has 2 radical (unpaired) electrons. The van der Waals surface area contributed by atoms with Crippen LogP contribution in [0.3, 0.4) is 0 Å². The van der Waals surface area contributed by atoms with Gasteiger partial charge in [-0.05, 0) is 12.1 Å². The van der Waals surface area contributed by atoms with E-state index in [1.807, 2.05) is 0 Å². The Labute approximate surface area is 119 Å². The van der Waals surface area contributed by atoms with Gasteiger partial charge in [-0.1, -0.05) is 12.1 Å². The fourth-order valence-corrected chi connectivity index (χ4v) is 0.856. The van der Waals surface area contributed by atoms with E-state index < -0.39 is 11.9 Å². The number of aromatic carboxylic acids is 2. The maximum atomic E-state index is 10.5. The molecule has 0 spiro atoms. The van der Waals surface area contributed by atoms with Crippen molar-refractivity contribution in [3.63, 3.8) is 0 Å². The molecule has 0 aromatic heterocycles. The van der Waals surface area contributed by atoms with E-state index in [0.29, 0.717) is 0 Å². The van der Waals surface area contributed by atoms with Crippen molar-refractivity contribution in [1.82, 2.24) is 0 Å². The zero-order valence-electron chi connectivity index (χ0n) is 7.54. The average molecular weight is 448 g/mol. The number of carbonyl (C=O) groups is 2. The molecule has 0 amide bonds. The SMILES string of the molecule is Cl.Cl.O=C(O)c1ccccc1C(=O)O.[PbH2]. The van der Waals surface area contributed by atoms with Gasteiger partial charge in [-0.15, -0.1) is 24.8 Å². The second-order valence-electron chi connectivity index (χ2n) is 2.16. The van der Waals surface area contributed by atoms with Gasteiger partial charge in [0.1, 0.15) is 0 Å². The van der Waals surface area contributed by atoms with Crippen LogP contribution in [-0.2, 0) is 0 Å². The minimum atomic E-state index is -1.23. The van der Waals surface area contributed by atoms with Gasteiger partial charge in [0, 0.05) is 0 Å². The van der Waals surface area contributed by atoms with Crippen molar-refractivity contribution in [2.24, 2.45) is 0 Å². The Balaban J connectivity index is -0.000000480. The number of carboxylic acids is 2. The van der Waals surface area contributed by atoms with E-state index in [2.05, 4.69) is 0 Å². The third-order valence-electron chi connectivity index (χ3n) is 1.39. The fourth-order valence-electron chi connectivity index (χ4n) is 0.856. The summed E-state index contributed by atoms with van der Waals surface area (Å²) in [7, 11) is 0. The summed E-state index contributed by atoms with van der Waals surface area (Å²) < 4.78 is 0. The summed E-state index contributed by atoms with van der Waals surface area (Å²) in [6.45, 7) is 0. The monoisotopic (exact) mass is 448 g/mol. The van der Waals surface area contributed by atoms with Crippen LogP contribution in [0.5, 0.6) is 0 Å². The van der Waals surface area contributed by atoms with Crippen LogP contribution in [0.25, 0.3) is 0 Å². The third-order valence-corrected chi connectivity index (χ3v) is 1.39. The van der Waals surface area contributed by atoms with E-state index in [1.165, 1.54) is 24.3 Å². The Bertz CT molecular complexity index is 310. The van der Waals surface area contributed by atoms with E-state index in [0.717, 1.165) is 0 Å². The summed E-state index contributed by atoms with van der Waals surface area (Å²) in [5, 5.41) is 17.1. The predicted octanol–water partition coefficient (Wildman–Crippen LogP) is 1.01. The number of hydrogen-bond acceptors (Lipinski definition) is 2. The van der Waals surface area contributed by atoms with Gasteiger partial charge in [0.25, 0.3) is 0 Å². The molecule has 0 heterocycles. The summed E-state index contributed by atoms with van der Waals surface area (Å²) >= 11 is 0. The van der Waals surface area contributed by atoms with Crippen LogP contribution < -0.4 is 0 Å². The summed E-state index contributed by atoms with van der Waals surface area (Å²) in [4.78, 5) is 20.9. The molecule has 0 fully saturated rings. The molecule has 0 aliphatic rings. The standard InChI is InChI=1S/C8H6O4.2ClH.Pb.2H/c9-7(10)5-3-1-2-4-6(5)8(11)12;;;;;/h1-4H,(H,9,10)(H,11,12);2*1H;;;. The Hall–Kier alpha value is -0.338. The summed E-state index contributed by atoms with van der Waals surface area (Å²) in [5.74, 6) is -2.46. The zero-order valence-corrected chi connectivity index (χ0v) is 14.7. The van der Waals surface area contributed by atoms with Crippen LogP contribution in [-0.4, -0.2) is 49.5 Å². The summed E-state index contributed by atoms with van der Waals surface area (Å²) in [5.41, 5.74) is -0.380. The molecule has 0 bridgehead atoms. The third kappa shape index (κ3) is 5.34. The molecule has 0 aliphatic carbocycles. The second-order valence-corrected chi connectivity index (χ2v) is 2.16. The van der Waals surface area contributed by atoms with Gasteiger partial charge in [-0.25, -0.2) is 9.59 Å². The summed E-state index contributed by atoms with van der Waals surface area (Å²) in [6, 6.07) is 5.48. The maximum absolute atomic E-state index is 10.5. The van der Waals surface area contributed by atoms with Crippen LogP contribution in [0.1, 0.15) is 20.7 Å². The quantitative estimate of drug-likeness (QED) is 0.663. The van der Waals surface area contributed by atoms with Gasteiger partial charge in [-0.2, -0.15) is 0 Å². The Morgan fingerprint density at radius 2 is 1.13 bits per heavy atom. The Morgan fingerprint density at radius 1 is 0.867 bits per heavy atom. The first-order valence-corrected chi connectivity index (χ1v) is 3.18. The fraction of sp³-hybridized carbons (Fsp3) is 0. The topological polar surface area (TPSA) is 74.6 Å². The van der Waals surface area contributed by atoms with Crippen LogP contribution in [0.4, 0.5) is 0 Å². The molecule has 1 aromatic rings. The first-order valence-electron chi connectivity index (χ1n) is 3.18. The molecule has 84 valence electrons. The molecule has 0 saturated heterocycles.